The van der Waals surface area contributed by atoms with Crippen LogP contribution in [0.15, 0.2) is 18.2 Å². The van der Waals surface area contributed by atoms with Crippen LogP contribution in [0.1, 0.15) is 31.9 Å². The largest absolute Gasteiger partial charge is 0.493 e. The summed E-state index contributed by atoms with van der Waals surface area (Å²) in [6.45, 7) is 7.39. The van der Waals surface area contributed by atoms with Crippen LogP contribution >= 0.6 is 0 Å². The van der Waals surface area contributed by atoms with Gasteiger partial charge in [0.25, 0.3) is 0 Å². The maximum Gasteiger partial charge on any atom is 0.122 e. The lowest BCUT2D eigenvalue weighted by Crippen LogP contribution is -2.47. The number of ether oxygens (including phenoxy) is 1. The standard InChI is InChI=1S/C14H21NO2/c1-10(16)14(2,3)15-9-11-4-5-13-12(8-11)6-7-17-13/h4-5,8,10,15-16H,6-7,9H2,1-3H3. The van der Waals surface area contributed by atoms with Crippen molar-refractivity contribution >= 4 is 0 Å². The summed E-state index contributed by atoms with van der Waals surface area (Å²) in [6, 6.07) is 6.30. The van der Waals surface area contributed by atoms with Gasteiger partial charge in [0.1, 0.15) is 5.75 Å². The van der Waals surface area contributed by atoms with Crippen molar-refractivity contribution in [2.24, 2.45) is 0 Å². The van der Waals surface area contributed by atoms with E-state index in [1.165, 1.54) is 11.1 Å². The van der Waals surface area contributed by atoms with Crippen molar-refractivity contribution in [2.45, 2.75) is 45.4 Å². The Labute approximate surface area is 103 Å². The molecule has 0 aromatic heterocycles. The zero-order valence-corrected chi connectivity index (χ0v) is 10.8. The number of fused-ring (bicyclic) bond motifs is 1. The minimum absolute atomic E-state index is 0.268. The third kappa shape index (κ3) is 2.79. The molecule has 3 heteroatoms. The van der Waals surface area contributed by atoms with Crippen LogP contribution in [0, 0.1) is 0 Å². The molecule has 0 fully saturated rings. The summed E-state index contributed by atoms with van der Waals surface area (Å²) < 4.78 is 5.48. The number of aliphatic hydroxyl groups excluding tert-OH is 1. The van der Waals surface area contributed by atoms with Crippen molar-refractivity contribution in [2.75, 3.05) is 6.61 Å². The van der Waals surface area contributed by atoms with Crippen LogP contribution in [0.2, 0.25) is 0 Å². The SMILES string of the molecule is CC(O)C(C)(C)NCc1ccc2c(c1)CCO2. The summed E-state index contributed by atoms with van der Waals surface area (Å²) in [7, 11) is 0. The quantitative estimate of drug-likeness (QED) is 0.837. The smallest absolute Gasteiger partial charge is 0.122 e. The molecule has 17 heavy (non-hydrogen) atoms. The minimum Gasteiger partial charge on any atom is -0.493 e. The molecule has 1 aliphatic heterocycles. The third-order valence-corrected chi connectivity index (χ3v) is 3.55. The number of hydrogen-bond donors (Lipinski definition) is 2. The summed E-state index contributed by atoms with van der Waals surface area (Å²) in [5.74, 6) is 1.02. The highest BCUT2D eigenvalue weighted by Gasteiger charge is 2.23. The molecule has 0 saturated heterocycles. The molecule has 94 valence electrons. The molecule has 1 unspecified atom stereocenters. The van der Waals surface area contributed by atoms with Gasteiger partial charge in [-0.2, -0.15) is 0 Å². The zero-order chi connectivity index (χ0) is 12.5. The molecule has 0 bridgehead atoms. The van der Waals surface area contributed by atoms with E-state index in [1.807, 2.05) is 26.8 Å². The fourth-order valence-electron chi connectivity index (χ4n) is 1.83. The maximum absolute atomic E-state index is 9.63. The van der Waals surface area contributed by atoms with Gasteiger partial charge in [0.2, 0.25) is 0 Å². The maximum atomic E-state index is 9.63. The first-order valence-corrected chi connectivity index (χ1v) is 6.17. The first kappa shape index (κ1) is 12.4. The Bertz CT molecular complexity index is 399. The van der Waals surface area contributed by atoms with E-state index in [1.54, 1.807) is 0 Å². The Balaban J connectivity index is 2.00. The van der Waals surface area contributed by atoms with Crippen LogP contribution in [0.3, 0.4) is 0 Å². The van der Waals surface area contributed by atoms with Crippen molar-refractivity contribution < 1.29 is 9.84 Å². The zero-order valence-electron chi connectivity index (χ0n) is 10.8. The van der Waals surface area contributed by atoms with E-state index in [2.05, 4.69) is 17.4 Å². The molecular formula is C14H21NO2. The van der Waals surface area contributed by atoms with Gasteiger partial charge in [0.15, 0.2) is 0 Å². The normalized spacial score (nSPS) is 16.5. The molecule has 0 radical (unpaired) electrons. The Hall–Kier alpha value is -1.06. The van der Waals surface area contributed by atoms with E-state index >= 15 is 0 Å². The Kier molecular flexibility index (Phi) is 3.40. The molecule has 2 N–H and O–H groups in total. The number of benzene rings is 1. The van der Waals surface area contributed by atoms with E-state index in [-0.39, 0.29) is 11.6 Å². The molecule has 0 aliphatic carbocycles. The molecule has 1 atom stereocenters. The van der Waals surface area contributed by atoms with Crippen molar-refractivity contribution in [3.05, 3.63) is 29.3 Å². The van der Waals surface area contributed by atoms with Gasteiger partial charge < -0.3 is 15.2 Å². The van der Waals surface area contributed by atoms with Crippen LogP contribution in [-0.4, -0.2) is 23.4 Å². The van der Waals surface area contributed by atoms with Crippen LogP contribution in [0.5, 0.6) is 5.75 Å². The van der Waals surface area contributed by atoms with Gasteiger partial charge in [-0.1, -0.05) is 12.1 Å². The van der Waals surface area contributed by atoms with E-state index in [4.69, 9.17) is 4.74 Å². The van der Waals surface area contributed by atoms with Gasteiger partial charge in [0, 0.05) is 18.5 Å². The van der Waals surface area contributed by atoms with Gasteiger partial charge in [-0.05, 0) is 38.0 Å². The second-order valence-electron chi connectivity index (χ2n) is 5.29. The highest BCUT2D eigenvalue weighted by atomic mass is 16.5. The fraction of sp³-hybridized carbons (Fsp3) is 0.571. The average Bonchev–Trinajstić information content (AvgIpc) is 2.73. The first-order chi connectivity index (χ1) is 7.99. The molecule has 2 rings (SSSR count). The van der Waals surface area contributed by atoms with Gasteiger partial charge in [-0.15, -0.1) is 0 Å². The van der Waals surface area contributed by atoms with E-state index in [9.17, 15) is 5.11 Å². The Morgan fingerprint density at radius 3 is 2.94 bits per heavy atom. The summed E-state index contributed by atoms with van der Waals surface area (Å²) >= 11 is 0. The predicted octanol–water partition coefficient (Wildman–Crippen LogP) is 1.87. The molecule has 1 aromatic rings. The second-order valence-corrected chi connectivity index (χ2v) is 5.29. The van der Waals surface area contributed by atoms with E-state index in [0.29, 0.717) is 0 Å². The summed E-state index contributed by atoms with van der Waals surface area (Å²) in [5.41, 5.74) is 2.26. The summed E-state index contributed by atoms with van der Waals surface area (Å²) in [5, 5.41) is 13.0. The summed E-state index contributed by atoms with van der Waals surface area (Å²) in [6.07, 6.45) is 0.628. The monoisotopic (exact) mass is 235 g/mol. The molecule has 0 saturated carbocycles. The first-order valence-electron chi connectivity index (χ1n) is 6.17. The molecule has 0 spiro atoms. The van der Waals surface area contributed by atoms with Crippen molar-refractivity contribution in [3.8, 4) is 5.75 Å². The number of hydrogen-bond acceptors (Lipinski definition) is 3. The van der Waals surface area contributed by atoms with Gasteiger partial charge >= 0.3 is 0 Å². The van der Waals surface area contributed by atoms with E-state index in [0.717, 1.165) is 25.3 Å². The lowest BCUT2D eigenvalue weighted by molar-refractivity contribution is 0.0956. The lowest BCUT2D eigenvalue weighted by atomic mass is 9.98. The molecule has 3 nitrogen and oxygen atoms in total. The Morgan fingerprint density at radius 2 is 2.24 bits per heavy atom. The van der Waals surface area contributed by atoms with Crippen molar-refractivity contribution in [1.82, 2.24) is 5.32 Å². The topological polar surface area (TPSA) is 41.5 Å². The number of aliphatic hydroxyl groups is 1. The lowest BCUT2D eigenvalue weighted by Gasteiger charge is -2.29. The molecule has 1 aromatic carbocycles. The van der Waals surface area contributed by atoms with Crippen molar-refractivity contribution in [3.63, 3.8) is 0 Å². The Morgan fingerprint density at radius 1 is 1.47 bits per heavy atom. The second kappa shape index (κ2) is 4.67. The predicted molar refractivity (Wildman–Crippen MR) is 68.2 cm³/mol. The number of nitrogens with one attached hydrogen (secondary N) is 1. The molecule has 1 heterocycles. The highest BCUT2D eigenvalue weighted by molar-refractivity contribution is 5.39. The number of rotatable bonds is 4. The van der Waals surface area contributed by atoms with E-state index < -0.39 is 0 Å². The van der Waals surface area contributed by atoms with Gasteiger partial charge in [-0.25, -0.2) is 0 Å². The fourth-order valence-corrected chi connectivity index (χ4v) is 1.83. The van der Waals surface area contributed by atoms with Crippen LogP contribution in [0.25, 0.3) is 0 Å². The highest BCUT2D eigenvalue weighted by Crippen LogP contribution is 2.26. The summed E-state index contributed by atoms with van der Waals surface area (Å²) in [4.78, 5) is 0. The van der Waals surface area contributed by atoms with Crippen LogP contribution in [0.4, 0.5) is 0 Å². The average molecular weight is 235 g/mol. The van der Waals surface area contributed by atoms with Crippen LogP contribution < -0.4 is 10.1 Å². The van der Waals surface area contributed by atoms with Crippen molar-refractivity contribution in [1.29, 1.82) is 0 Å². The molecule has 0 amide bonds. The van der Waals surface area contributed by atoms with Gasteiger partial charge in [0.05, 0.1) is 12.7 Å². The molecular weight excluding hydrogens is 214 g/mol. The van der Waals surface area contributed by atoms with Gasteiger partial charge in [-0.3, -0.25) is 0 Å². The minimum atomic E-state index is -0.375. The third-order valence-electron chi connectivity index (χ3n) is 3.55. The molecule has 1 aliphatic rings. The van der Waals surface area contributed by atoms with Crippen LogP contribution in [-0.2, 0) is 13.0 Å².